The van der Waals surface area contributed by atoms with Crippen LogP contribution in [0.3, 0.4) is 0 Å². The molecule has 1 aliphatic heterocycles. The van der Waals surface area contributed by atoms with Crippen molar-refractivity contribution in [1.29, 1.82) is 0 Å². The number of fused-ring (bicyclic) bond motifs is 1. The third-order valence-electron chi connectivity index (χ3n) is 3.44. The lowest BCUT2D eigenvalue weighted by Gasteiger charge is -2.14. The molecule has 1 amide bonds. The zero-order chi connectivity index (χ0) is 15.9. The largest absolute Gasteiger partial charge is 0.280 e. The van der Waals surface area contributed by atoms with Gasteiger partial charge in [-0.05, 0) is 12.1 Å². The summed E-state index contributed by atoms with van der Waals surface area (Å²) in [6, 6.07) is 5.55. The molecule has 0 aliphatic carbocycles. The lowest BCUT2D eigenvalue weighted by atomic mass is 10.1. The fraction of sp³-hybridized carbons (Fsp3) is 0.308. The summed E-state index contributed by atoms with van der Waals surface area (Å²) in [6.07, 6.45) is 1.77. The Balaban J connectivity index is 1.90. The molecule has 22 heavy (non-hydrogen) atoms. The van der Waals surface area contributed by atoms with Crippen LogP contribution in [0, 0.1) is 5.92 Å². The maximum Gasteiger partial charge on any atom is 0.232 e. The Morgan fingerprint density at radius 3 is 2.91 bits per heavy atom. The van der Waals surface area contributed by atoms with Crippen LogP contribution >= 0.6 is 26.6 Å². The molecule has 3 rings (SSSR count). The summed E-state index contributed by atoms with van der Waals surface area (Å²) in [5, 5.41) is 0.845. The molecule has 6 nitrogen and oxygen atoms in total. The van der Waals surface area contributed by atoms with Crippen molar-refractivity contribution in [3.8, 4) is 0 Å². The van der Waals surface area contributed by atoms with Crippen LogP contribution in [0.15, 0.2) is 28.9 Å². The molecule has 0 N–H and O–H groups in total. The first-order valence-electron chi connectivity index (χ1n) is 6.47. The van der Waals surface area contributed by atoms with Gasteiger partial charge in [0.1, 0.15) is 0 Å². The highest BCUT2D eigenvalue weighted by atomic mass is 79.9. The number of halogens is 2. The first kappa shape index (κ1) is 15.6. The third kappa shape index (κ3) is 3.23. The van der Waals surface area contributed by atoms with E-state index in [0.29, 0.717) is 5.52 Å². The van der Waals surface area contributed by atoms with E-state index in [2.05, 4.69) is 25.9 Å². The lowest BCUT2D eigenvalue weighted by Crippen LogP contribution is -2.27. The predicted octanol–water partition coefficient (Wildman–Crippen LogP) is 2.31. The Labute approximate surface area is 140 Å². The summed E-state index contributed by atoms with van der Waals surface area (Å²) < 4.78 is 23.2. The van der Waals surface area contributed by atoms with Crippen molar-refractivity contribution in [2.45, 2.75) is 6.42 Å². The topological polar surface area (TPSA) is 80.2 Å². The number of rotatable bonds is 3. The van der Waals surface area contributed by atoms with E-state index in [4.69, 9.17) is 10.7 Å². The van der Waals surface area contributed by atoms with Crippen molar-refractivity contribution in [3.05, 3.63) is 28.9 Å². The molecule has 9 heteroatoms. The van der Waals surface area contributed by atoms with Gasteiger partial charge in [0.15, 0.2) is 0 Å². The van der Waals surface area contributed by atoms with E-state index in [9.17, 15) is 13.2 Å². The molecular formula is C13H11BrClN3O3S. The van der Waals surface area contributed by atoms with Crippen LogP contribution in [0.2, 0.25) is 0 Å². The number of benzene rings is 1. The highest BCUT2D eigenvalue weighted by molar-refractivity contribution is 9.10. The van der Waals surface area contributed by atoms with E-state index < -0.39 is 9.05 Å². The van der Waals surface area contributed by atoms with Gasteiger partial charge < -0.3 is 0 Å². The molecule has 1 unspecified atom stereocenters. The molecule has 2 aromatic rings. The smallest absolute Gasteiger partial charge is 0.232 e. The molecule has 1 aromatic heterocycles. The number of hydrogen-bond acceptors (Lipinski definition) is 5. The molecule has 1 aliphatic rings. The lowest BCUT2D eigenvalue weighted by molar-refractivity contribution is -0.117. The molecule has 1 saturated heterocycles. The van der Waals surface area contributed by atoms with E-state index >= 15 is 0 Å². The molecule has 1 aromatic carbocycles. The highest BCUT2D eigenvalue weighted by Gasteiger charge is 2.34. The van der Waals surface area contributed by atoms with Crippen molar-refractivity contribution in [2.75, 3.05) is 17.2 Å². The van der Waals surface area contributed by atoms with Crippen molar-refractivity contribution in [1.82, 2.24) is 9.97 Å². The summed E-state index contributed by atoms with van der Waals surface area (Å²) in [7, 11) is 1.63. The normalized spacial score (nSPS) is 19.1. The predicted molar refractivity (Wildman–Crippen MR) is 87.3 cm³/mol. The second kappa shape index (κ2) is 5.75. The number of carbonyl (C=O) groups is 1. The van der Waals surface area contributed by atoms with Gasteiger partial charge in [-0.1, -0.05) is 22.0 Å². The minimum Gasteiger partial charge on any atom is -0.280 e. The van der Waals surface area contributed by atoms with E-state index in [1.54, 1.807) is 6.20 Å². The minimum atomic E-state index is -3.63. The van der Waals surface area contributed by atoms with Gasteiger partial charge in [-0.25, -0.2) is 18.4 Å². The second-order valence-electron chi connectivity index (χ2n) is 5.12. The average molecular weight is 405 g/mol. The number of nitrogens with zero attached hydrogens (tertiary/aromatic N) is 3. The van der Waals surface area contributed by atoms with Gasteiger partial charge in [0.05, 0.1) is 11.3 Å². The molecule has 0 spiro atoms. The Hall–Kier alpha value is -1.25. The van der Waals surface area contributed by atoms with Crippen molar-refractivity contribution < 1.29 is 13.2 Å². The fourth-order valence-electron chi connectivity index (χ4n) is 2.51. The molecule has 1 atom stereocenters. The Morgan fingerprint density at radius 2 is 2.18 bits per heavy atom. The molecule has 1 fully saturated rings. The minimum absolute atomic E-state index is 0.131. The van der Waals surface area contributed by atoms with Crippen LogP contribution < -0.4 is 4.90 Å². The van der Waals surface area contributed by atoms with Crippen LogP contribution in [-0.2, 0) is 13.8 Å². The maximum atomic E-state index is 12.1. The Morgan fingerprint density at radius 1 is 1.41 bits per heavy atom. The summed E-state index contributed by atoms with van der Waals surface area (Å²) in [5.41, 5.74) is 0.709. The number of carbonyl (C=O) groups excluding carboxylic acids is 1. The number of amides is 1. The molecule has 116 valence electrons. The van der Waals surface area contributed by atoms with E-state index in [1.807, 2.05) is 18.2 Å². The molecule has 0 radical (unpaired) electrons. The van der Waals surface area contributed by atoms with Gasteiger partial charge in [-0.15, -0.1) is 0 Å². The van der Waals surface area contributed by atoms with Crippen molar-refractivity contribution >= 4 is 58.4 Å². The second-order valence-corrected chi connectivity index (χ2v) is 8.80. The van der Waals surface area contributed by atoms with E-state index in [0.717, 1.165) is 9.86 Å². The van der Waals surface area contributed by atoms with Crippen LogP contribution in [0.1, 0.15) is 6.42 Å². The van der Waals surface area contributed by atoms with E-state index in [1.165, 1.54) is 4.90 Å². The fourth-order valence-corrected chi connectivity index (χ4v) is 4.29. The van der Waals surface area contributed by atoms with Gasteiger partial charge in [0, 0.05) is 45.6 Å². The van der Waals surface area contributed by atoms with Crippen LogP contribution in [0.5, 0.6) is 0 Å². The zero-order valence-electron chi connectivity index (χ0n) is 11.2. The SMILES string of the molecule is O=C1CC(CS(=O)(=O)Cl)CN1c1ncc2c(Br)cccc2n1. The molecule has 0 bridgehead atoms. The summed E-state index contributed by atoms with van der Waals surface area (Å²) in [4.78, 5) is 22.1. The van der Waals surface area contributed by atoms with Gasteiger partial charge in [-0.2, -0.15) is 0 Å². The monoisotopic (exact) mass is 403 g/mol. The number of hydrogen-bond donors (Lipinski definition) is 0. The number of aromatic nitrogens is 2. The summed E-state index contributed by atoms with van der Waals surface area (Å²) in [6.45, 7) is 0.254. The summed E-state index contributed by atoms with van der Waals surface area (Å²) >= 11 is 3.42. The van der Waals surface area contributed by atoms with Gasteiger partial charge in [-0.3, -0.25) is 9.69 Å². The molecule has 2 heterocycles. The Kier molecular flexibility index (Phi) is 4.09. The van der Waals surface area contributed by atoms with Gasteiger partial charge in [0.2, 0.25) is 20.9 Å². The quantitative estimate of drug-likeness (QED) is 0.733. The summed E-state index contributed by atoms with van der Waals surface area (Å²) in [5.74, 6) is -0.475. The molecular weight excluding hydrogens is 394 g/mol. The molecule has 0 saturated carbocycles. The van der Waals surface area contributed by atoms with Crippen LogP contribution in [-0.4, -0.2) is 36.6 Å². The van der Waals surface area contributed by atoms with Crippen LogP contribution in [0.4, 0.5) is 5.95 Å². The zero-order valence-corrected chi connectivity index (χ0v) is 14.4. The highest BCUT2D eigenvalue weighted by Crippen LogP contribution is 2.27. The maximum absolute atomic E-state index is 12.1. The first-order valence-corrected chi connectivity index (χ1v) is 9.74. The van der Waals surface area contributed by atoms with Gasteiger partial charge >= 0.3 is 0 Å². The van der Waals surface area contributed by atoms with Crippen LogP contribution in [0.25, 0.3) is 10.9 Å². The van der Waals surface area contributed by atoms with Crippen molar-refractivity contribution in [3.63, 3.8) is 0 Å². The Bertz CT molecular complexity index is 859. The number of anilines is 1. The van der Waals surface area contributed by atoms with Crippen molar-refractivity contribution in [2.24, 2.45) is 5.92 Å². The first-order chi connectivity index (χ1) is 10.3. The van der Waals surface area contributed by atoms with Gasteiger partial charge in [0.25, 0.3) is 0 Å². The van der Waals surface area contributed by atoms with E-state index in [-0.39, 0.29) is 36.5 Å². The average Bonchev–Trinajstić information content (AvgIpc) is 2.77. The third-order valence-corrected chi connectivity index (χ3v) is 5.38. The standard InChI is InChI=1S/C13H11BrClN3O3S/c14-10-2-1-3-11-9(10)5-16-13(17-11)18-6-8(4-12(18)19)7-22(15,20)21/h1-3,5,8H,4,6-7H2.